The number of sulfonamides is 1. The third kappa shape index (κ3) is 4.64. The van der Waals surface area contributed by atoms with Crippen LogP contribution < -0.4 is 10.1 Å². The predicted octanol–water partition coefficient (Wildman–Crippen LogP) is 2.22. The number of benzene rings is 1. The molecule has 1 atom stereocenters. The van der Waals surface area contributed by atoms with E-state index in [2.05, 4.69) is 10.3 Å². The van der Waals surface area contributed by atoms with Gasteiger partial charge in [0, 0.05) is 24.8 Å². The van der Waals surface area contributed by atoms with Gasteiger partial charge in [-0.05, 0) is 37.5 Å². The average Bonchev–Trinajstić information content (AvgIpc) is 3.13. The first-order chi connectivity index (χ1) is 12.9. The molecule has 2 heterocycles. The van der Waals surface area contributed by atoms with Crippen LogP contribution in [0.5, 0.6) is 11.6 Å². The Balaban J connectivity index is 1.70. The lowest BCUT2D eigenvalue weighted by Gasteiger charge is -2.21. The average molecular weight is 389 g/mol. The minimum Gasteiger partial charge on any atom is -0.438 e. The van der Waals surface area contributed by atoms with Crippen molar-refractivity contribution in [2.75, 3.05) is 12.8 Å². The molecule has 7 nitrogen and oxygen atoms in total. The van der Waals surface area contributed by atoms with Gasteiger partial charge in [-0.3, -0.25) is 4.79 Å². The van der Waals surface area contributed by atoms with E-state index in [1.807, 2.05) is 37.3 Å². The molecule has 2 aromatic rings. The molecule has 8 heteroatoms. The summed E-state index contributed by atoms with van der Waals surface area (Å²) >= 11 is 0. The summed E-state index contributed by atoms with van der Waals surface area (Å²) in [6.45, 7) is 2.53. The minimum absolute atomic E-state index is 0.210. The van der Waals surface area contributed by atoms with Crippen molar-refractivity contribution < 1.29 is 17.9 Å². The molecule has 1 amide bonds. The molecule has 0 bridgehead atoms. The fourth-order valence-electron chi connectivity index (χ4n) is 3.12. The van der Waals surface area contributed by atoms with Crippen molar-refractivity contribution in [3.63, 3.8) is 0 Å². The number of nitrogens with one attached hydrogen (secondary N) is 1. The Morgan fingerprint density at radius 2 is 2.07 bits per heavy atom. The van der Waals surface area contributed by atoms with Gasteiger partial charge in [0.2, 0.25) is 21.8 Å². The van der Waals surface area contributed by atoms with E-state index in [0.717, 1.165) is 17.4 Å². The summed E-state index contributed by atoms with van der Waals surface area (Å²) in [4.78, 5) is 16.8. The number of aromatic nitrogens is 1. The highest BCUT2D eigenvalue weighted by atomic mass is 32.2. The fourth-order valence-corrected chi connectivity index (χ4v) is 4.25. The summed E-state index contributed by atoms with van der Waals surface area (Å²) in [7, 11) is -3.40. The molecule has 1 aliphatic rings. The number of rotatable bonds is 6. The molecule has 3 rings (SSSR count). The normalized spacial score (nSPS) is 17.6. The van der Waals surface area contributed by atoms with Crippen molar-refractivity contribution in [2.24, 2.45) is 0 Å². The van der Waals surface area contributed by atoms with Gasteiger partial charge in [-0.1, -0.05) is 24.3 Å². The van der Waals surface area contributed by atoms with Crippen LogP contribution in [0.1, 0.15) is 24.0 Å². The molecular weight excluding hydrogens is 366 g/mol. The maximum Gasteiger partial charge on any atom is 0.238 e. The molecule has 0 radical (unpaired) electrons. The lowest BCUT2D eigenvalue weighted by Crippen LogP contribution is -2.45. The van der Waals surface area contributed by atoms with Gasteiger partial charge in [-0.25, -0.2) is 13.4 Å². The highest BCUT2D eigenvalue weighted by Crippen LogP contribution is 2.26. The number of carbonyl (C=O) groups excluding carboxylic acids is 1. The number of para-hydroxylation sites is 1. The third-order valence-electron chi connectivity index (χ3n) is 4.54. The summed E-state index contributed by atoms with van der Waals surface area (Å²) in [5.41, 5.74) is 1.70. The molecule has 1 aromatic heterocycles. The van der Waals surface area contributed by atoms with Crippen molar-refractivity contribution in [1.82, 2.24) is 14.6 Å². The zero-order valence-corrected chi connectivity index (χ0v) is 16.2. The molecule has 0 saturated carbocycles. The standard InChI is InChI=1S/C19H23N3O4S/c1-14-7-3-4-10-17(14)26-19-15(8-5-11-20-19)13-21-18(23)16-9-6-12-22(16)27(2,24)25/h3-5,7-8,10-11,16H,6,9,12-13H2,1-2H3,(H,21,23)/t16-/m1/s1. The molecular formula is C19H23N3O4S. The van der Waals surface area contributed by atoms with Crippen molar-refractivity contribution in [2.45, 2.75) is 32.4 Å². The van der Waals surface area contributed by atoms with E-state index in [9.17, 15) is 13.2 Å². The van der Waals surface area contributed by atoms with Crippen LogP contribution in [0.25, 0.3) is 0 Å². The molecule has 1 aromatic carbocycles. The molecule has 0 aliphatic carbocycles. The summed E-state index contributed by atoms with van der Waals surface area (Å²) in [5.74, 6) is 0.810. The van der Waals surface area contributed by atoms with E-state index < -0.39 is 16.1 Å². The van der Waals surface area contributed by atoms with Crippen LogP contribution in [0.15, 0.2) is 42.6 Å². The number of pyridine rings is 1. The molecule has 1 fully saturated rings. The summed E-state index contributed by atoms with van der Waals surface area (Å²) < 4.78 is 30.8. The number of ether oxygens (including phenoxy) is 1. The monoisotopic (exact) mass is 389 g/mol. The quantitative estimate of drug-likeness (QED) is 0.818. The van der Waals surface area contributed by atoms with Crippen LogP contribution in [-0.4, -0.2) is 42.5 Å². The largest absolute Gasteiger partial charge is 0.438 e. The number of amides is 1. The van der Waals surface area contributed by atoms with E-state index in [0.29, 0.717) is 31.0 Å². The van der Waals surface area contributed by atoms with E-state index in [4.69, 9.17) is 4.74 Å². The highest BCUT2D eigenvalue weighted by Gasteiger charge is 2.36. The van der Waals surface area contributed by atoms with Gasteiger partial charge in [0.25, 0.3) is 0 Å². The van der Waals surface area contributed by atoms with Crippen LogP contribution in [0.4, 0.5) is 0 Å². The van der Waals surface area contributed by atoms with Crippen LogP contribution >= 0.6 is 0 Å². The maximum absolute atomic E-state index is 12.5. The second-order valence-electron chi connectivity index (χ2n) is 6.58. The Hall–Kier alpha value is -2.45. The van der Waals surface area contributed by atoms with Gasteiger partial charge < -0.3 is 10.1 Å². The van der Waals surface area contributed by atoms with E-state index in [1.165, 1.54) is 4.31 Å². The first-order valence-corrected chi connectivity index (χ1v) is 10.6. The second kappa shape index (κ2) is 8.06. The van der Waals surface area contributed by atoms with Crippen LogP contribution in [0.2, 0.25) is 0 Å². The Morgan fingerprint density at radius 3 is 2.81 bits per heavy atom. The Bertz CT molecular complexity index is 930. The van der Waals surface area contributed by atoms with Crippen molar-refractivity contribution in [3.8, 4) is 11.6 Å². The fraction of sp³-hybridized carbons (Fsp3) is 0.368. The summed E-state index contributed by atoms with van der Waals surface area (Å²) in [5, 5.41) is 2.82. The molecule has 1 aliphatic heterocycles. The summed E-state index contributed by atoms with van der Waals surface area (Å²) in [6, 6.07) is 10.5. The van der Waals surface area contributed by atoms with Crippen molar-refractivity contribution in [3.05, 3.63) is 53.7 Å². The SMILES string of the molecule is Cc1ccccc1Oc1ncccc1CNC(=O)[C@H]1CCCN1S(C)(=O)=O. The van der Waals surface area contributed by atoms with Crippen LogP contribution in [-0.2, 0) is 21.4 Å². The third-order valence-corrected chi connectivity index (χ3v) is 5.82. The number of nitrogens with zero attached hydrogens (tertiary/aromatic N) is 2. The topological polar surface area (TPSA) is 88.6 Å². The minimum atomic E-state index is -3.40. The lowest BCUT2D eigenvalue weighted by atomic mass is 10.2. The molecule has 0 unspecified atom stereocenters. The maximum atomic E-state index is 12.5. The van der Waals surface area contributed by atoms with E-state index >= 15 is 0 Å². The Morgan fingerprint density at radius 1 is 1.30 bits per heavy atom. The number of carbonyl (C=O) groups is 1. The van der Waals surface area contributed by atoms with Gasteiger partial charge in [-0.2, -0.15) is 4.31 Å². The predicted molar refractivity (Wildman–Crippen MR) is 102 cm³/mol. The van der Waals surface area contributed by atoms with E-state index in [-0.39, 0.29) is 12.5 Å². The highest BCUT2D eigenvalue weighted by molar-refractivity contribution is 7.88. The molecule has 1 saturated heterocycles. The first-order valence-electron chi connectivity index (χ1n) is 8.78. The lowest BCUT2D eigenvalue weighted by molar-refractivity contribution is -0.124. The first kappa shape index (κ1) is 19.3. The molecule has 27 heavy (non-hydrogen) atoms. The van der Waals surface area contributed by atoms with Gasteiger partial charge >= 0.3 is 0 Å². The Kier molecular flexibility index (Phi) is 5.76. The Labute approximate surface area is 159 Å². The number of hydrogen-bond acceptors (Lipinski definition) is 5. The molecule has 1 N–H and O–H groups in total. The zero-order valence-electron chi connectivity index (χ0n) is 15.4. The second-order valence-corrected chi connectivity index (χ2v) is 8.52. The van der Waals surface area contributed by atoms with Gasteiger partial charge in [0.1, 0.15) is 11.8 Å². The van der Waals surface area contributed by atoms with Crippen molar-refractivity contribution >= 4 is 15.9 Å². The molecule has 144 valence electrons. The smallest absolute Gasteiger partial charge is 0.238 e. The van der Waals surface area contributed by atoms with Gasteiger partial charge in [0.15, 0.2) is 0 Å². The zero-order chi connectivity index (χ0) is 19.4. The molecule has 0 spiro atoms. The summed E-state index contributed by atoms with van der Waals surface area (Å²) in [6.07, 6.45) is 3.97. The van der Waals surface area contributed by atoms with Gasteiger partial charge in [-0.15, -0.1) is 0 Å². The van der Waals surface area contributed by atoms with Gasteiger partial charge in [0.05, 0.1) is 6.26 Å². The van der Waals surface area contributed by atoms with Crippen molar-refractivity contribution in [1.29, 1.82) is 0 Å². The number of aryl methyl sites for hydroxylation is 1. The number of hydrogen-bond donors (Lipinski definition) is 1. The van der Waals surface area contributed by atoms with Crippen LogP contribution in [0, 0.1) is 6.92 Å². The van der Waals surface area contributed by atoms with Crippen LogP contribution in [0.3, 0.4) is 0 Å². The van der Waals surface area contributed by atoms with E-state index in [1.54, 1.807) is 12.3 Å².